The van der Waals surface area contributed by atoms with Crippen LogP contribution < -0.4 is 15.8 Å². The molecule has 5 heteroatoms. The summed E-state index contributed by atoms with van der Waals surface area (Å²) < 4.78 is 5.74. The summed E-state index contributed by atoms with van der Waals surface area (Å²) in [5.74, 6) is 0.626. The largest absolute Gasteiger partial charge is 0.489 e. The average Bonchev–Trinajstić information content (AvgIpc) is 2.49. The van der Waals surface area contributed by atoms with Crippen molar-refractivity contribution in [1.29, 1.82) is 0 Å². The summed E-state index contributed by atoms with van der Waals surface area (Å²) in [5.41, 5.74) is 8.36. The third-order valence-electron chi connectivity index (χ3n) is 3.25. The van der Waals surface area contributed by atoms with Crippen molar-refractivity contribution in [2.75, 3.05) is 5.32 Å². The Balaban J connectivity index is 0.00000242. The number of carbonyl (C=O) groups excluding carboxylic acids is 1. The lowest BCUT2D eigenvalue weighted by Crippen LogP contribution is -2.32. The highest BCUT2D eigenvalue weighted by atomic mass is 35.5. The number of carbonyl (C=O) groups is 1. The number of nitrogens with one attached hydrogen (secondary N) is 1. The number of hydrogen-bond donors (Lipinski definition) is 2. The van der Waals surface area contributed by atoms with Gasteiger partial charge in [-0.15, -0.1) is 12.4 Å². The molecule has 0 heterocycles. The molecule has 0 spiro atoms. The number of halogens is 1. The molecule has 0 bridgehead atoms. The number of nitrogens with two attached hydrogens (primary N) is 1. The summed E-state index contributed by atoms with van der Waals surface area (Å²) >= 11 is 0. The molecular weight excluding hydrogens is 300 g/mol. The van der Waals surface area contributed by atoms with Crippen molar-refractivity contribution in [3.63, 3.8) is 0 Å². The molecule has 0 fully saturated rings. The van der Waals surface area contributed by atoms with E-state index in [0.717, 1.165) is 22.6 Å². The van der Waals surface area contributed by atoms with Crippen molar-refractivity contribution >= 4 is 24.0 Å². The van der Waals surface area contributed by atoms with Gasteiger partial charge in [0.25, 0.3) is 0 Å². The molecule has 0 unspecified atom stereocenters. The maximum atomic E-state index is 11.7. The molecule has 0 saturated heterocycles. The zero-order chi connectivity index (χ0) is 15.2. The van der Waals surface area contributed by atoms with Crippen molar-refractivity contribution in [2.24, 2.45) is 5.73 Å². The Hall–Kier alpha value is -2.04. The van der Waals surface area contributed by atoms with Gasteiger partial charge in [-0.2, -0.15) is 0 Å². The van der Waals surface area contributed by atoms with E-state index in [9.17, 15) is 4.79 Å². The number of para-hydroxylation sites is 1. The fourth-order valence-corrected chi connectivity index (χ4v) is 1.90. The molecule has 0 aromatic heterocycles. The van der Waals surface area contributed by atoms with Crippen LogP contribution in [0.15, 0.2) is 48.5 Å². The summed E-state index contributed by atoms with van der Waals surface area (Å²) in [7, 11) is 0. The van der Waals surface area contributed by atoms with Crippen LogP contribution in [0.2, 0.25) is 0 Å². The maximum absolute atomic E-state index is 11.7. The van der Waals surface area contributed by atoms with Crippen LogP contribution in [0.25, 0.3) is 0 Å². The normalized spacial score (nSPS) is 11.2. The first-order chi connectivity index (χ1) is 10.1. The monoisotopic (exact) mass is 320 g/mol. The minimum absolute atomic E-state index is 0. The molecule has 2 rings (SSSR count). The van der Waals surface area contributed by atoms with Gasteiger partial charge in [0.1, 0.15) is 12.4 Å². The quantitative estimate of drug-likeness (QED) is 0.888. The Morgan fingerprint density at radius 3 is 2.50 bits per heavy atom. The predicted octanol–water partition coefficient (Wildman–Crippen LogP) is 3.28. The van der Waals surface area contributed by atoms with Crippen LogP contribution in [0, 0.1) is 6.92 Å². The number of hydrogen-bond acceptors (Lipinski definition) is 3. The standard InChI is InChI=1S/C17H20N2O2.ClH/c1-12-14(11-21-15-8-4-3-5-9-15)7-6-10-16(12)19-17(20)13(2)18;/h3-10,13H,11,18H2,1-2H3,(H,19,20);1H/t13-;/m1./s1. The molecule has 2 aromatic carbocycles. The van der Waals surface area contributed by atoms with Crippen molar-refractivity contribution in [3.05, 3.63) is 59.7 Å². The van der Waals surface area contributed by atoms with Crippen LogP contribution in [0.1, 0.15) is 18.1 Å². The molecule has 0 aliphatic rings. The van der Waals surface area contributed by atoms with E-state index in [4.69, 9.17) is 10.5 Å². The Bertz CT molecular complexity index is 615. The summed E-state index contributed by atoms with van der Waals surface area (Å²) in [4.78, 5) is 11.7. The highest BCUT2D eigenvalue weighted by molar-refractivity contribution is 5.95. The van der Waals surface area contributed by atoms with Gasteiger partial charge in [-0.1, -0.05) is 30.3 Å². The first-order valence-electron chi connectivity index (χ1n) is 6.90. The molecule has 0 radical (unpaired) electrons. The second kappa shape index (κ2) is 8.41. The Morgan fingerprint density at radius 1 is 1.18 bits per heavy atom. The van der Waals surface area contributed by atoms with Crippen LogP contribution in [-0.4, -0.2) is 11.9 Å². The van der Waals surface area contributed by atoms with E-state index in [1.54, 1.807) is 6.92 Å². The number of anilines is 1. The smallest absolute Gasteiger partial charge is 0.241 e. The molecule has 118 valence electrons. The molecule has 0 aliphatic heterocycles. The first kappa shape index (κ1) is 18.0. The molecule has 22 heavy (non-hydrogen) atoms. The number of benzene rings is 2. The summed E-state index contributed by atoms with van der Waals surface area (Å²) in [6.07, 6.45) is 0. The summed E-state index contributed by atoms with van der Waals surface area (Å²) in [6.45, 7) is 4.07. The number of ether oxygens (including phenoxy) is 1. The van der Waals surface area contributed by atoms with Crippen LogP contribution in [0.5, 0.6) is 5.75 Å². The van der Waals surface area contributed by atoms with Gasteiger partial charge in [0.05, 0.1) is 6.04 Å². The van der Waals surface area contributed by atoms with Gasteiger partial charge in [0.15, 0.2) is 0 Å². The lowest BCUT2D eigenvalue weighted by molar-refractivity contribution is -0.117. The van der Waals surface area contributed by atoms with Gasteiger partial charge in [-0.3, -0.25) is 4.79 Å². The van der Waals surface area contributed by atoms with Crippen LogP contribution in [0.3, 0.4) is 0 Å². The lowest BCUT2D eigenvalue weighted by Gasteiger charge is -2.14. The highest BCUT2D eigenvalue weighted by Gasteiger charge is 2.11. The predicted molar refractivity (Wildman–Crippen MR) is 91.5 cm³/mol. The molecule has 4 nitrogen and oxygen atoms in total. The molecular formula is C17H21ClN2O2. The van der Waals surface area contributed by atoms with Crippen LogP contribution in [-0.2, 0) is 11.4 Å². The molecule has 0 aliphatic carbocycles. The van der Waals surface area contributed by atoms with E-state index in [-0.39, 0.29) is 18.3 Å². The van der Waals surface area contributed by atoms with Gasteiger partial charge in [-0.05, 0) is 43.2 Å². The van der Waals surface area contributed by atoms with E-state index in [0.29, 0.717) is 6.61 Å². The van der Waals surface area contributed by atoms with E-state index < -0.39 is 6.04 Å². The average molecular weight is 321 g/mol. The van der Waals surface area contributed by atoms with Gasteiger partial charge >= 0.3 is 0 Å². The van der Waals surface area contributed by atoms with E-state index in [1.807, 2.05) is 55.5 Å². The maximum Gasteiger partial charge on any atom is 0.241 e. The number of amides is 1. The third kappa shape index (κ3) is 4.76. The highest BCUT2D eigenvalue weighted by Crippen LogP contribution is 2.21. The summed E-state index contributed by atoms with van der Waals surface area (Å²) in [5, 5.41) is 2.83. The van der Waals surface area contributed by atoms with Crippen LogP contribution >= 0.6 is 12.4 Å². The zero-order valence-electron chi connectivity index (χ0n) is 12.7. The van der Waals surface area contributed by atoms with Crippen molar-refractivity contribution < 1.29 is 9.53 Å². The fraction of sp³-hybridized carbons (Fsp3) is 0.235. The lowest BCUT2D eigenvalue weighted by atomic mass is 10.1. The third-order valence-corrected chi connectivity index (χ3v) is 3.25. The Labute approximate surface area is 137 Å². The van der Waals surface area contributed by atoms with Gasteiger partial charge in [-0.25, -0.2) is 0 Å². The van der Waals surface area contributed by atoms with Gasteiger partial charge in [0.2, 0.25) is 5.91 Å². The van der Waals surface area contributed by atoms with E-state index >= 15 is 0 Å². The first-order valence-corrected chi connectivity index (χ1v) is 6.90. The second-order valence-electron chi connectivity index (χ2n) is 4.97. The van der Waals surface area contributed by atoms with Crippen molar-refractivity contribution in [3.8, 4) is 5.75 Å². The fourth-order valence-electron chi connectivity index (χ4n) is 1.90. The molecule has 3 N–H and O–H groups in total. The van der Waals surface area contributed by atoms with E-state index in [1.165, 1.54) is 0 Å². The van der Waals surface area contributed by atoms with Crippen LogP contribution in [0.4, 0.5) is 5.69 Å². The van der Waals surface area contributed by atoms with Crippen molar-refractivity contribution in [2.45, 2.75) is 26.5 Å². The van der Waals surface area contributed by atoms with Gasteiger partial charge in [0, 0.05) is 5.69 Å². The molecule has 0 saturated carbocycles. The second-order valence-corrected chi connectivity index (χ2v) is 4.97. The van der Waals surface area contributed by atoms with E-state index in [2.05, 4.69) is 5.32 Å². The zero-order valence-corrected chi connectivity index (χ0v) is 13.5. The molecule has 1 atom stereocenters. The molecule has 2 aromatic rings. The minimum Gasteiger partial charge on any atom is -0.489 e. The van der Waals surface area contributed by atoms with Gasteiger partial charge < -0.3 is 15.8 Å². The Morgan fingerprint density at radius 2 is 1.86 bits per heavy atom. The summed E-state index contributed by atoms with van der Waals surface area (Å²) in [6, 6.07) is 14.8. The Kier molecular flexibility index (Phi) is 6.89. The van der Waals surface area contributed by atoms with Crippen molar-refractivity contribution in [1.82, 2.24) is 0 Å². The number of rotatable bonds is 5. The molecule has 1 amide bonds. The minimum atomic E-state index is -0.534. The SMILES string of the molecule is Cc1c(COc2ccccc2)cccc1NC(=O)[C@@H](C)N.Cl. The topological polar surface area (TPSA) is 64.3 Å².